The molecule has 2 rings (SSSR count). The Hall–Kier alpha value is -1.66. The van der Waals surface area contributed by atoms with Crippen molar-refractivity contribution in [3.63, 3.8) is 0 Å². The number of nitrogens with one attached hydrogen (secondary N) is 1. The highest BCUT2D eigenvalue weighted by Crippen LogP contribution is 2.10. The van der Waals surface area contributed by atoms with E-state index in [9.17, 15) is 13.2 Å². The molecule has 23 heavy (non-hydrogen) atoms. The molecule has 0 aromatic heterocycles. The third kappa shape index (κ3) is 6.97. The van der Waals surface area contributed by atoms with E-state index in [4.69, 9.17) is 0 Å². The van der Waals surface area contributed by atoms with Crippen LogP contribution < -0.4 is 5.32 Å². The first-order valence-corrected chi connectivity index (χ1v) is 9.92. The Morgan fingerprint density at radius 2 is 1.91 bits per heavy atom. The van der Waals surface area contributed by atoms with Gasteiger partial charge in [-0.1, -0.05) is 30.3 Å². The molecule has 0 atom stereocenters. The molecule has 126 valence electrons. The zero-order valence-electron chi connectivity index (χ0n) is 13.4. The summed E-state index contributed by atoms with van der Waals surface area (Å²) >= 11 is 0. The molecule has 1 fully saturated rings. The minimum Gasteiger partial charge on any atom is -0.350 e. The lowest BCUT2D eigenvalue weighted by atomic mass is 10.1. The van der Waals surface area contributed by atoms with Crippen molar-refractivity contribution in [1.29, 1.82) is 0 Å². The highest BCUT2D eigenvalue weighted by Gasteiger charge is 2.20. The number of benzene rings is 1. The van der Waals surface area contributed by atoms with Crippen LogP contribution in [0.2, 0.25) is 0 Å². The molecule has 1 aliphatic rings. The van der Waals surface area contributed by atoms with Crippen LogP contribution in [-0.2, 0) is 14.6 Å². The van der Waals surface area contributed by atoms with Crippen molar-refractivity contribution >= 4 is 21.8 Å². The normalized spacial score (nSPS) is 17.4. The minimum absolute atomic E-state index is 0.0801. The number of nitrogens with zero attached hydrogens (tertiary/aromatic N) is 1. The fraction of sp³-hybridized carbons (Fsp3) is 0.471. The van der Waals surface area contributed by atoms with Gasteiger partial charge < -0.3 is 10.2 Å². The lowest BCUT2D eigenvalue weighted by Gasteiger charge is -2.31. The van der Waals surface area contributed by atoms with E-state index in [-0.39, 0.29) is 17.7 Å². The smallest absolute Gasteiger partial charge is 0.244 e. The van der Waals surface area contributed by atoms with E-state index in [0.717, 1.165) is 31.5 Å². The SMILES string of the molecule is CS(=O)(=O)CCN1CCC(NC(=O)/C=C/c2ccccc2)CC1. The summed E-state index contributed by atoms with van der Waals surface area (Å²) in [5.74, 6) is 0.118. The van der Waals surface area contributed by atoms with Gasteiger partial charge in [0.25, 0.3) is 0 Å². The summed E-state index contributed by atoms with van der Waals surface area (Å²) < 4.78 is 22.4. The van der Waals surface area contributed by atoms with Crippen LogP contribution in [0.25, 0.3) is 6.08 Å². The van der Waals surface area contributed by atoms with Gasteiger partial charge in [0.05, 0.1) is 5.75 Å². The number of sulfone groups is 1. The minimum atomic E-state index is -2.91. The van der Waals surface area contributed by atoms with Crippen molar-refractivity contribution in [3.8, 4) is 0 Å². The van der Waals surface area contributed by atoms with Gasteiger partial charge in [-0.3, -0.25) is 4.79 Å². The maximum atomic E-state index is 11.9. The zero-order chi connectivity index (χ0) is 16.7. The van der Waals surface area contributed by atoms with Gasteiger partial charge in [-0.05, 0) is 24.5 Å². The first-order valence-electron chi connectivity index (χ1n) is 7.86. The summed E-state index contributed by atoms with van der Waals surface area (Å²) in [4.78, 5) is 14.1. The van der Waals surface area contributed by atoms with Gasteiger partial charge in [0.15, 0.2) is 0 Å². The van der Waals surface area contributed by atoms with E-state index >= 15 is 0 Å². The fourth-order valence-electron chi connectivity index (χ4n) is 2.58. The van der Waals surface area contributed by atoms with Crippen LogP contribution in [0, 0.1) is 0 Å². The molecule has 0 spiro atoms. The summed E-state index contributed by atoms with van der Waals surface area (Å²) in [5.41, 5.74) is 0.998. The van der Waals surface area contributed by atoms with Crippen LogP contribution in [0.3, 0.4) is 0 Å². The summed E-state index contributed by atoms with van der Waals surface area (Å²) in [6.45, 7) is 2.22. The quantitative estimate of drug-likeness (QED) is 0.796. The van der Waals surface area contributed by atoms with E-state index < -0.39 is 9.84 Å². The fourth-order valence-corrected chi connectivity index (χ4v) is 3.17. The number of hydrogen-bond acceptors (Lipinski definition) is 4. The molecule has 1 N–H and O–H groups in total. The average molecular weight is 336 g/mol. The Labute approximate surface area is 138 Å². The number of carbonyl (C=O) groups excluding carboxylic acids is 1. The second kappa shape index (κ2) is 8.26. The van der Waals surface area contributed by atoms with Gasteiger partial charge in [0, 0.05) is 38.0 Å². The molecule has 1 aliphatic heterocycles. The van der Waals surface area contributed by atoms with Crippen LogP contribution >= 0.6 is 0 Å². The van der Waals surface area contributed by atoms with E-state index in [1.807, 2.05) is 30.3 Å². The molecule has 0 radical (unpaired) electrons. The molecule has 0 saturated carbocycles. The predicted molar refractivity (Wildman–Crippen MR) is 92.8 cm³/mol. The van der Waals surface area contributed by atoms with E-state index in [0.29, 0.717) is 6.54 Å². The van der Waals surface area contributed by atoms with Crippen LogP contribution in [0.5, 0.6) is 0 Å². The molecular weight excluding hydrogens is 312 g/mol. The highest BCUT2D eigenvalue weighted by molar-refractivity contribution is 7.90. The van der Waals surface area contributed by atoms with Gasteiger partial charge >= 0.3 is 0 Å². The van der Waals surface area contributed by atoms with Crippen LogP contribution in [0.1, 0.15) is 18.4 Å². The average Bonchev–Trinajstić information content (AvgIpc) is 2.53. The lowest BCUT2D eigenvalue weighted by molar-refractivity contribution is -0.117. The highest BCUT2D eigenvalue weighted by atomic mass is 32.2. The van der Waals surface area contributed by atoms with Gasteiger partial charge in [-0.25, -0.2) is 8.42 Å². The molecule has 6 heteroatoms. The maximum absolute atomic E-state index is 11.9. The Balaban J connectivity index is 1.71. The molecule has 0 aliphatic carbocycles. The number of likely N-dealkylation sites (tertiary alicyclic amines) is 1. The van der Waals surface area contributed by atoms with Gasteiger partial charge in [-0.2, -0.15) is 0 Å². The number of rotatable bonds is 6. The Morgan fingerprint density at radius 3 is 2.52 bits per heavy atom. The van der Waals surface area contributed by atoms with E-state index in [1.165, 1.54) is 6.26 Å². The predicted octanol–water partition coefficient (Wildman–Crippen LogP) is 1.32. The van der Waals surface area contributed by atoms with Gasteiger partial charge in [0.2, 0.25) is 5.91 Å². The largest absolute Gasteiger partial charge is 0.350 e. The van der Waals surface area contributed by atoms with Crippen molar-refractivity contribution in [2.45, 2.75) is 18.9 Å². The zero-order valence-corrected chi connectivity index (χ0v) is 14.3. The van der Waals surface area contributed by atoms with Crippen molar-refractivity contribution < 1.29 is 13.2 Å². The first kappa shape index (κ1) is 17.7. The molecule has 0 unspecified atom stereocenters. The third-order valence-corrected chi connectivity index (χ3v) is 4.86. The molecule has 5 nitrogen and oxygen atoms in total. The number of amides is 1. The van der Waals surface area contributed by atoms with Crippen molar-refractivity contribution in [2.24, 2.45) is 0 Å². The topological polar surface area (TPSA) is 66.5 Å². The Morgan fingerprint density at radius 1 is 1.26 bits per heavy atom. The Kier molecular flexibility index (Phi) is 6.36. The molecule has 1 heterocycles. The summed E-state index contributed by atoms with van der Waals surface area (Å²) in [5, 5.41) is 3.01. The standard InChI is InChI=1S/C17H24N2O3S/c1-23(21,22)14-13-19-11-9-16(10-12-19)18-17(20)8-7-15-5-3-2-4-6-15/h2-8,16H,9-14H2,1H3,(H,18,20)/b8-7+. The van der Waals surface area contributed by atoms with Crippen molar-refractivity contribution in [2.75, 3.05) is 31.6 Å². The molecule has 1 aromatic carbocycles. The number of hydrogen-bond donors (Lipinski definition) is 1. The summed E-state index contributed by atoms with van der Waals surface area (Å²) in [6, 6.07) is 9.87. The molecular formula is C17H24N2O3S. The van der Waals surface area contributed by atoms with Crippen molar-refractivity contribution in [3.05, 3.63) is 42.0 Å². The molecule has 1 saturated heterocycles. The van der Waals surface area contributed by atoms with Crippen LogP contribution in [0.15, 0.2) is 36.4 Å². The second-order valence-electron chi connectivity index (χ2n) is 6.00. The molecule has 0 bridgehead atoms. The maximum Gasteiger partial charge on any atom is 0.244 e. The van der Waals surface area contributed by atoms with Crippen LogP contribution in [-0.4, -0.2) is 56.9 Å². The second-order valence-corrected chi connectivity index (χ2v) is 8.26. The van der Waals surface area contributed by atoms with Crippen LogP contribution in [0.4, 0.5) is 0 Å². The van der Waals surface area contributed by atoms with Gasteiger partial charge in [0.1, 0.15) is 9.84 Å². The summed E-state index contributed by atoms with van der Waals surface area (Å²) in [6.07, 6.45) is 6.34. The number of piperidine rings is 1. The van der Waals surface area contributed by atoms with Gasteiger partial charge in [-0.15, -0.1) is 0 Å². The molecule has 1 aromatic rings. The lowest BCUT2D eigenvalue weighted by Crippen LogP contribution is -2.45. The van der Waals surface area contributed by atoms with E-state index in [2.05, 4.69) is 10.2 Å². The Bertz CT molecular complexity index is 633. The van der Waals surface area contributed by atoms with E-state index in [1.54, 1.807) is 12.2 Å². The summed E-state index contributed by atoms with van der Waals surface area (Å²) in [7, 11) is -2.91. The first-order chi connectivity index (χ1) is 10.9. The van der Waals surface area contributed by atoms with Crippen molar-refractivity contribution in [1.82, 2.24) is 10.2 Å². The monoisotopic (exact) mass is 336 g/mol. The molecule has 1 amide bonds. The third-order valence-electron chi connectivity index (χ3n) is 3.94. The number of carbonyl (C=O) groups is 1.